The van der Waals surface area contributed by atoms with E-state index in [0.717, 1.165) is 23.8 Å². The molecule has 0 saturated heterocycles. The number of guanidine groups is 1. The smallest absolute Gasteiger partial charge is 0.387 e. The molecule has 1 aromatic heterocycles. The van der Waals surface area contributed by atoms with Crippen LogP contribution in [-0.4, -0.2) is 31.1 Å². The molecule has 130 valence electrons. The second kappa shape index (κ2) is 8.90. The average molecular weight is 337 g/mol. The predicted octanol–water partition coefficient (Wildman–Crippen LogP) is 3.48. The molecule has 5 nitrogen and oxygen atoms in total. The fraction of sp³-hybridized carbons (Fsp3) is 0.353. The summed E-state index contributed by atoms with van der Waals surface area (Å²) >= 11 is 0. The first-order valence-electron chi connectivity index (χ1n) is 7.64. The number of benzene rings is 1. The Morgan fingerprint density at radius 1 is 1.29 bits per heavy atom. The molecule has 0 bridgehead atoms. The second-order valence-corrected chi connectivity index (χ2v) is 5.13. The third kappa shape index (κ3) is 5.57. The maximum absolute atomic E-state index is 12.2. The molecule has 0 radical (unpaired) electrons. The van der Waals surface area contributed by atoms with E-state index >= 15 is 0 Å². The molecule has 2 rings (SSSR count). The molecule has 2 aromatic rings. The highest BCUT2D eigenvalue weighted by Gasteiger charge is 2.08. The number of ether oxygens (including phenoxy) is 1. The van der Waals surface area contributed by atoms with Gasteiger partial charge in [0.15, 0.2) is 5.96 Å². The van der Waals surface area contributed by atoms with Gasteiger partial charge in [-0.2, -0.15) is 8.78 Å². The Kier molecular flexibility index (Phi) is 6.60. The zero-order valence-electron chi connectivity index (χ0n) is 13.7. The second-order valence-electron chi connectivity index (χ2n) is 5.13. The molecular weight excluding hydrogens is 316 g/mol. The van der Waals surface area contributed by atoms with Crippen molar-refractivity contribution in [1.29, 1.82) is 0 Å². The Morgan fingerprint density at radius 3 is 2.62 bits per heavy atom. The van der Waals surface area contributed by atoms with Crippen molar-refractivity contribution in [2.75, 3.05) is 13.6 Å². The van der Waals surface area contributed by atoms with E-state index in [0.29, 0.717) is 13.1 Å². The Labute approximate surface area is 139 Å². The van der Waals surface area contributed by atoms with Gasteiger partial charge in [-0.1, -0.05) is 12.1 Å². The van der Waals surface area contributed by atoms with E-state index in [1.54, 1.807) is 18.4 Å². The van der Waals surface area contributed by atoms with Crippen LogP contribution in [0, 0.1) is 0 Å². The lowest BCUT2D eigenvalue weighted by atomic mass is 10.2. The summed E-state index contributed by atoms with van der Waals surface area (Å²) in [5, 5.41) is 3.21. The molecule has 1 N–H and O–H groups in total. The summed E-state index contributed by atoms with van der Waals surface area (Å²) in [4.78, 5) is 6.48. The largest absolute Gasteiger partial charge is 0.467 e. The minimum absolute atomic E-state index is 0.148. The first kappa shape index (κ1) is 17.8. The number of nitrogens with one attached hydrogen (secondary N) is 1. The van der Waals surface area contributed by atoms with Crippen molar-refractivity contribution in [2.45, 2.75) is 26.6 Å². The minimum atomic E-state index is -2.81. The summed E-state index contributed by atoms with van der Waals surface area (Å²) in [5.41, 5.74) is 0.961. The van der Waals surface area contributed by atoms with Gasteiger partial charge in [0, 0.05) is 20.1 Å². The molecule has 7 heteroatoms. The molecule has 0 fully saturated rings. The van der Waals surface area contributed by atoms with Crippen LogP contribution in [0.2, 0.25) is 0 Å². The number of hydrogen-bond donors (Lipinski definition) is 1. The Bertz CT molecular complexity index is 628. The van der Waals surface area contributed by atoms with Crippen molar-refractivity contribution in [1.82, 2.24) is 10.2 Å². The molecule has 0 amide bonds. The van der Waals surface area contributed by atoms with Crippen LogP contribution in [-0.2, 0) is 13.1 Å². The number of alkyl halides is 2. The summed E-state index contributed by atoms with van der Waals surface area (Å²) in [6.07, 6.45) is 1.62. The summed E-state index contributed by atoms with van der Waals surface area (Å²) in [5.74, 6) is 1.67. The van der Waals surface area contributed by atoms with Gasteiger partial charge in [-0.25, -0.2) is 4.99 Å². The van der Waals surface area contributed by atoms with E-state index in [-0.39, 0.29) is 5.75 Å². The summed E-state index contributed by atoms with van der Waals surface area (Å²) in [6.45, 7) is 0.947. The van der Waals surface area contributed by atoms with Crippen LogP contribution < -0.4 is 10.1 Å². The number of halogens is 2. The number of aliphatic imine (C=N–C) groups is 1. The lowest BCUT2D eigenvalue weighted by molar-refractivity contribution is -0.0498. The van der Waals surface area contributed by atoms with Crippen molar-refractivity contribution in [2.24, 2.45) is 4.99 Å². The lowest BCUT2D eigenvalue weighted by Gasteiger charge is -2.22. The van der Waals surface area contributed by atoms with E-state index in [1.165, 1.54) is 12.1 Å². The minimum Gasteiger partial charge on any atom is -0.467 e. The maximum atomic E-state index is 12.2. The number of hydrogen-bond acceptors (Lipinski definition) is 3. The first-order chi connectivity index (χ1) is 11.6. The standard InChI is InChI=1S/C17H21F2N3O2/c1-3-20-17(21-11-15-5-4-10-23-15)22(2)12-13-6-8-14(9-7-13)24-16(18)19/h4-10,16H,3,11-12H2,1-2H3,(H,20,21). The van der Waals surface area contributed by atoms with Crippen molar-refractivity contribution in [3.05, 3.63) is 54.0 Å². The van der Waals surface area contributed by atoms with E-state index in [1.807, 2.05) is 31.0 Å². The van der Waals surface area contributed by atoms with Crippen LogP contribution in [0.25, 0.3) is 0 Å². The fourth-order valence-corrected chi connectivity index (χ4v) is 2.15. The topological polar surface area (TPSA) is 50.0 Å². The van der Waals surface area contributed by atoms with E-state index in [2.05, 4.69) is 15.0 Å². The van der Waals surface area contributed by atoms with Gasteiger partial charge in [-0.15, -0.1) is 0 Å². The van der Waals surface area contributed by atoms with Crippen LogP contribution in [0.4, 0.5) is 8.78 Å². The molecule has 0 aliphatic rings. The summed E-state index contributed by atoms with van der Waals surface area (Å²) < 4.78 is 33.9. The molecule has 1 aromatic carbocycles. The van der Waals surface area contributed by atoms with Crippen LogP contribution in [0.1, 0.15) is 18.2 Å². The fourth-order valence-electron chi connectivity index (χ4n) is 2.15. The van der Waals surface area contributed by atoms with Crippen molar-refractivity contribution < 1.29 is 17.9 Å². The monoisotopic (exact) mass is 337 g/mol. The van der Waals surface area contributed by atoms with Gasteiger partial charge in [0.1, 0.15) is 18.1 Å². The van der Waals surface area contributed by atoms with Gasteiger partial charge in [-0.05, 0) is 36.8 Å². The number of furan rings is 1. The lowest BCUT2D eigenvalue weighted by Crippen LogP contribution is -2.38. The zero-order valence-corrected chi connectivity index (χ0v) is 13.7. The predicted molar refractivity (Wildman–Crippen MR) is 88.1 cm³/mol. The third-order valence-electron chi connectivity index (χ3n) is 3.23. The van der Waals surface area contributed by atoms with Crippen molar-refractivity contribution >= 4 is 5.96 Å². The molecule has 0 unspecified atom stereocenters. The highest BCUT2D eigenvalue weighted by molar-refractivity contribution is 5.79. The normalized spacial score (nSPS) is 11.6. The van der Waals surface area contributed by atoms with Gasteiger partial charge in [-0.3, -0.25) is 0 Å². The van der Waals surface area contributed by atoms with Crippen molar-refractivity contribution in [3.63, 3.8) is 0 Å². The van der Waals surface area contributed by atoms with Gasteiger partial charge in [0.25, 0.3) is 0 Å². The Balaban J connectivity index is 1.98. The highest BCUT2D eigenvalue weighted by atomic mass is 19.3. The van der Waals surface area contributed by atoms with Crippen molar-refractivity contribution in [3.8, 4) is 5.75 Å². The third-order valence-corrected chi connectivity index (χ3v) is 3.23. The van der Waals surface area contributed by atoms with E-state index in [4.69, 9.17) is 4.42 Å². The average Bonchev–Trinajstić information content (AvgIpc) is 3.06. The molecule has 0 spiro atoms. The molecule has 0 atom stereocenters. The molecule has 0 aliphatic carbocycles. The van der Waals surface area contributed by atoms with E-state index < -0.39 is 6.61 Å². The summed E-state index contributed by atoms with van der Waals surface area (Å²) in [7, 11) is 1.91. The highest BCUT2D eigenvalue weighted by Crippen LogP contribution is 2.15. The summed E-state index contributed by atoms with van der Waals surface area (Å²) in [6, 6.07) is 10.3. The maximum Gasteiger partial charge on any atom is 0.387 e. The molecule has 1 heterocycles. The van der Waals surface area contributed by atoms with E-state index in [9.17, 15) is 8.78 Å². The van der Waals surface area contributed by atoms with Crippen LogP contribution in [0.5, 0.6) is 5.75 Å². The first-order valence-corrected chi connectivity index (χ1v) is 7.64. The number of nitrogens with zero attached hydrogens (tertiary/aromatic N) is 2. The SMILES string of the molecule is CCNC(=NCc1ccco1)N(C)Cc1ccc(OC(F)F)cc1. The van der Waals surface area contributed by atoms with Crippen LogP contribution in [0.15, 0.2) is 52.1 Å². The van der Waals surface area contributed by atoms with Gasteiger partial charge in [0.2, 0.25) is 0 Å². The molecule has 0 aliphatic heterocycles. The molecule has 24 heavy (non-hydrogen) atoms. The molecule has 0 saturated carbocycles. The van der Waals surface area contributed by atoms with Gasteiger partial charge >= 0.3 is 6.61 Å². The number of rotatable bonds is 7. The van der Waals surface area contributed by atoms with Crippen LogP contribution in [0.3, 0.4) is 0 Å². The Morgan fingerprint density at radius 2 is 2.04 bits per heavy atom. The zero-order chi connectivity index (χ0) is 17.4. The Hall–Kier alpha value is -2.57. The van der Waals surface area contributed by atoms with Gasteiger partial charge in [0.05, 0.1) is 6.26 Å². The quantitative estimate of drug-likeness (QED) is 0.621. The van der Waals surface area contributed by atoms with Gasteiger partial charge < -0.3 is 19.4 Å². The molecular formula is C17H21F2N3O2. The van der Waals surface area contributed by atoms with Crippen LogP contribution >= 0.6 is 0 Å².